The van der Waals surface area contributed by atoms with Crippen molar-refractivity contribution in [3.63, 3.8) is 0 Å². The summed E-state index contributed by atoms with van der Waals surface area (Å²) in [6.07, 6.45) is 4.75. The Morgan fingerprint density at radius 2 is 1.78 bits per heavy atom. The van der Waals surface area contributed by atoms with Gasteiger partial charge in [0.2, 0.25) is 0 Å². The van der Waals surface area contributed by atoms with Crippen LogP contribution in [0.25, 0.3) is 0 Å². The van der Waals surface area contributed by atoms with Crippen molar-refractivity contribution in [1.82, 2.24) is 5.32 Å². The van der Waals surface area contributed by atoms with Gasteiger partial charge in [-0.1, -0.05) is 30.3 Å². The summed E-state index contributed by atoms with van der Waals surface area (Å²) in [7, 11) is 0. The van der Waals surface area contributed by atoms with Crippen molar-refractivity contribution in [3.8, 4) is 0 Å². The molecule has 1 aromatic rings. The molecule has 1 fully saturated rings. The van der Waals surface area contributed by atoms with E-state index in [1.807, 2.05) is 0 Å². The molecule has 0 spiro atoms. The molecule has 0 unspecified atom stereocenters. The molecular weight excluding hydrogens is 222 g/mol. The van der Waals surface area contributed by atoms with E-state index in [0.717, 1.165) is 19.6 Å². The number of hydrogen-bond acceptors (Lipinski definition) is 3. The topological polar surface area (TPSA) is 64.1 Å². The van der Waals surface area contributed by atoms with E-state index in [9.17, 15) is 0 Å². The first-order chi connectivity index (χ1) is 8.80. The van der Waals surface area contributed by atoms with Crippen LogP contribution in [0.15, 0.2) is 30.3 Å². The molecule has 0 atom stereocenters. The highest BCUT2D eigenvalue weighted by atomic mass is 14.9. The molecule has 0 radical (unpaired) electrons. The fourth-order valence-electron chi connectivity index (χ4n) is 3.06. The van der Waals surface area contributed by atoms with Gasteiger partial charge in [0.1, 0.15) is 0 Å². The van der Waals surface area contributed by atoms with Crippen LogP contribution >= 0.6 is 0 Å². The monoisotopic (exact) mass is 247 g/mol. The first-order valence-electron chi connectivity index (χ1n) is 7.00. The molecule has 0 amide bonds. The van der Waals surface area contributed by atoms with Crippen molar-refractivity contribution in [1.29, 1.82) is 0 Å². The summed E-state index contributed by atoms with van der Waals surface area (Å²) in [5.74, 6) is 0. The van der Waals surface area contributed by atoms with Crippen molar-refractivity contribution < 1.29 is 0 Å². The van der Waals surface area contributed by atoms with Gasteiger partial charge in [0.15, 0.2) is 0 Å². The predicted molar refractivity (Wildman–Crippen MR) is 76.5 cm³/mol. The summed E-state index contributed by atoms with van der Waals surface area (Å²) >= 11 is 0. The quantitative estimate of drug-likeness (QED) is 0.736. The van der Waals surface area contributed by atoms with Crippen LogP contribution in [0.5, 0.6) is 0 Å². The van der Waals surface area contributed by atoms with Gasteiger partial charge in [0, 0.05) is 31.1 Å². The number of nitrogens with one attached hydrogen (secondary N) is 1. The van der Waals surface area contributed by atoms with Crippen molar-refractivity contribution >= 4 is 0 Å². The molecule has 18 heavy (non-hydrogen) atoms. The number of benzene rings is 1. The Hall–Kier alpha value is -0.900. The summed E-state index contributed by atoms with van der Waals surface area (Å²) < 4.78 is 0. The lowest BCUT2D eigenvalue weighted by molar-refractivity contribution is 0.253. The molecule has 1 saturated carbocycles. The lowest BCUT2D eigenvalue weighted by atomic mass is 9.68. The molecule has 3 nitrogen and oxygen atoms in total. The highest BCUT2D eigenvalue weighted by Crippen LogP contribution is 2.38. The predicted octanol–water partition coefficient (Wildman–Crippen LogP) is 1.37. The molecule has 0 saturated heterocycles. The van der Waals surface area contributed by atoms with Gasteiger partial charge < -0.3 is 16.8 Å². The summed E-state index contributed by atoms with van der Waals surface area (Å²) in [5, 5.41) is 3.52. The van der Waals surface area contributed by atoms with Gasteiger partial charge in [-0.25, -0.2) is 0 Å². The Balaban J connectivity index is 2.00. The fourth-order valence-corrected chi connectivity index (χ4v) is 3.06. The Morgan fingerprint density at radius 1 is 1.11 bits per heavy atom. The number of nitrogens with two attached hydrogens (primary N) is 2. The molecule has 0 aromatic heterocycles. The minimum absolute atomic E-state index is 0.197. The van der Waals surface area contributed by atoms with Crippen molar-refractivity contribution in [3.05, 3.63) is 35.9 Å². The van der Waals surface area contributed by atoms with E-state index < -0.39 is 0 Å². The average molecular weight is 247 g/mol. The highest BCUT2D eigenvalue weighted by molar-refractivity contribution is 5.26. The largest absolute Gasteiger partial charge is 0.330 e. The van der Waals surface area contributed by atoms with Crippen LogP contribution in [0.1, 0.15) is 31.2 Å². The van der Waals surface area contributed by atoms with Crippen LogP contribution in [0, 0.1) is 0 Å². The Labute approximate surface area is 110 Å². The Bertz CT molecular complexity index is 342. The van der Waals surface area contributed by atoms with E-state index in [2.05, 4.69) is 35.6 Å². The zero-order valence-corrected chi connectivity index (χ0v) is 11.1. The second-order valence-electron chi connectivity index (χ2n) is 5.37. The second kappa shape index (κ2) is 6.32. The summed E-state index contributed by atoms with van der Waals surface area (Å²) in [6, 6.07) is 11.4. The van der Waals surface area contributed by atoms with Crippen molar-refractivity contribution in [2.45, 2.75) is 37.1 Å². The zero-order chi connectivity index (χ0) is 12.8. The zero-order valence-electron chi connectivity index (χ0n) is 11.1. The molecular formula is C15H25N3. The van der Waals surface area contributed by atoms with E-state index in [1.165, 1.54) is 31.2 Å². The molecule has 100 valence electrons. The van der Waals surface area contributed by atoms with Gasteiger partial charge in [-0.05, 0) is 31.2 Å². The van der Waals surface area contributed by atoms with Crippen LogP contribution < -0.4 is 16.8 Å². The van der Waals surface area contributed by atoms with Gasteiger partial charge in [-0.2, -0.15) is 0 Å². The Kier molecular flexibility index (Phi) is 4.75. The van der Waals surface area contributed by atoms with Crippen LogP contribution in [-0.2, 0) is 5.41 Å². The van der Waals surface area contributed by atoms with Crippen LogP contribution in [0.4, 0.5) is 0 Å². The van der Waals surface area contributed by atoms with E-state index in [1.54, 1.807) is 0 Å². The van der Waals surface area contributed by atoms with E-state index in [-0.39, 0.29) is 5.41 Å². The van der Waals surface area contributed by atoms with Gasteiger partial charge in [0.25, 0.3) is 0 Å². The third kappa shape index (κ3) is 2.91. The maximum Gasteiger partial charge on any atom is 0.00770 e. The molecule has 0 aliphatic heterocycles. The lowest BCUT2D eigenvalue weighted by Crippen LogP contribution is -2.44. The van der Waals surface area contributed by atoms with Gasteiger partial charge in [-0.3, -0.25) is 0 Å². The standard InChI is InChI=1S/C15H25N3/c16-10-11-18-14-6-8-15(12-17,9-7-14)13-4-2-1-3-5-13/h1-5,14,18H,6-12,16-17H2. The first kappa shape index (κ1) is 13.5. The normalized spacial score (nSPS) is 28.2. The molecule has 0 heterocycles. The molecule has 1 aromatic carbocycles. The summed E-state index contributed by atoms with van der Waals surface area (Å²) in [4.78, 5) is 0. The average Bonchev–Trinajstić information content (AvgIpc) is 2.46. The van der Waals surface area contributed by atoms with Crippen molar-refractivity contribution in [2.75, 3.05) is 19.6 Å². The minimum Gasteiger partial charge on any atom is -0.330 e. The van der Waals surface area contributed by atoms with E-state index in [4.69, 9.17) is 11.5 Å². The van der Waals surface area contributed by atoms with Crippen LogP contribution in [-0.4, -0.2) is 25.7 Å². The maximum atomic E-state index is 6.08. The summed E-state index contributed by atoms with van der Waals surface area (Å²) in [6.45, 7) is 2.39. The van der Waals surface area contributed by atoms with Gasteiger partial charge in [0.05, 0.1) is 0 Å². The molecule has 5 N–H and O–H groups in total. The minimum atomic E-state index is 0.197. The second-order valence-corrected chi connectivity index (χ2v) is 5.37. The smallest absolute Gasteiger partial charge is 0.00770 e. The van der Waals surface area contributed by atoms with Crippen LogP contribution in [0.3, 0.4) is 0 Å². The third-order valence-corrected chi connectivity index (χ3v) is 4.30. The fraction of sp³-hybridized carbons (Fsp3) is 0.600. The SMILES string of the molecule is NCCNC1CCC(CN)(c2ccccc2)CC1. The molecule has 3 heteroatoms. The first-order valence-corrected chi connectivity index (χ1v) is 7.00. The van der Waals surface area contributed by atoms with Gasteiger partial charge in [-0.15, -0.1) is 0 Å². The molecule has 2 rings (SSSR count). The van der Waals surface area contributed by atoms with E-state index in [0.29, 0.717) is 6.04 Å². The molecule has 1 aliphatic carbocycles. The summed E-state index contributed by atoms with van der Waals surface area (Å²) in [5.41, 5.74) is 13.2. The van der Waals surface area contributed by atoms with E-state index >= 15 is 0 Å². The Morgan fingerprint density at radius 3 is 2.33 bits per heavy atom. The molecule has 1 aliphatic rings. The lowest BCUT2D eigenvalue weighted by Gasteiger charge is -2.40. The maximum absolute atomic E-state index is 6.08. The van der Waals surface area contributed by atoms with Crippen molar-refractivity contribution in [2.24, 2.45) is 11.5 Å². The highest BCUT2D eigenvalue weighted by Gasteiger charge is 2.35. The van der Waals surface area contributed by atoms with Gasteiger partial charge >= 0.3 is 0 Å². The third-order valence-electron chi connectivity index (χ3n) is 4.30. The van der Waals surface area contributed by atoms with Crippen LogP contribution in [0.2, 0.25) is 0 Å². The molecule has 0 bridgehead atoms. The number of hydrogen-bond donors (Lipinski definition) is 3. The number of rotatable bonds is 5.